The number of piperidine rings is 1. The second-order valence-electron chi connectivity index (χ2n) is 13.0. The van der Waals surface area contributed by atoms with E-state index in [1.807, 2.05) is 0 Å². The predicted molar refractivity (Wildman–Crippen MR) is 165 cm³/mol. The van der Waals surface area contributed by atoms with Gasteiger partial charge in [0, 0.05) is 44.6 Å². The fraction of sp³-hybridized carbons (Fsp3) is 0.469. The van der Waals surface area contributed by atoms with Crippen LogP contribution >= 0.6 is 0 Å². The average Bonchev–Trinajstić information content (AvgIpc) is 3.16. The van der Waals surface area contributed by atoms with Crippen LogP contribution in [-0.2, 0) is 20.5 Å². The van der Waals surface area contributed by atoms with Gasteiger partial charge in [0.2, 0.25) is 5.91 Å². The smallest absolute Gasteiger partial charge is 0.416 e. The number of rotatable bonds is 6. The minimum atomic E-state index is -4.79. The summed E-state index contributed by atoms with van der Waals surface area (Å²) in [5.74, 6) is -3.36. The van der Waals surface area contributed by atoms with E-state index in [0.29, 0.717) is 37.0 Å². The van der Waals surface area contributed by atoms with E-state index < -0.39 is 64.6 Å². The molecule has 3 aliphatic rings. The summed E-state index contributed by atoms with van der Waals surface area (Å²) < 4.78 is 58.6. The van der Waals surface area contributed by atoms with Crippen LogP contribution in [-0.4, -0.2) is 101 Å². The molecule has 3 heterocycles. The first-order valence-electron chi connectivity index (χ1n) is 15.3. The Morgan fingerprint density at radius 2 is 1.58 bits per heavy atom. The van der Waals surface area contributed by atoms with Crippen LogP contribution in [0, 0.1) is 5.82 Å². The molecule has 16 heteroatoms. The van der Waals surface area contributed by atoms with E-state index in [1.54, 1.807) is 49.9 Å². The van der Waals surface area contributed by atoms with Crippen molar-refractivity contribution in [3.63, 3.8) is 0 Å². The molecule has 6 amide bonds. The summed E-state index contributed by atoms with van der Waals surface area (Å²) in [6, 6.07) is 7.86. The molecule has 0 bridgehead atoms. The molecule has 2 N–H and O–H groups in total. The molecule has 0 unspecified atom stereocenters. The summed E-state index contributed by atoms with van der Waals surface area (Å²) in [6.07, 6.45) is -4.99. The lowest BCUT2D eigenvalue weighted by Crippen LogP contribution is -2.58. The number of carbonyl (C=O) groups excluding carboxylic acids is 5. The fourth-order valence-electron chi connectivity index (χ4n) is 5.98. The quantitative estimate of drug-likeness (QED) is 0.349. The maximum atomic E-state index is 14.1. The fourth-order valence-corrected chi connectivity index (χ4v) is 5.98. The van der Waals surface area contributed by atoms with Crippen molar-refractivity contribution in [3.05, 3.63) is 59.4 Å². The SMILES string of the molecule is CN1C(=O)N(c2ccc(NC3CN(C(=O)OC(C)(C)C)C3)cc2)C2(CCN(C(=O)CNC(=O)c3cc(C(F)(F)F)ccc3F)CC2)C1=O. The zero-order valence-electron chi connectivity index (χ0n) is 26.8. The van der Waals surface area contributed by atoms with E-state index in [4.69, 9.17) is 4.74 Å². The molecule has 1 spiro atoms. The zero-order valence-corrected chi connectivity index (χ0v) is 26.8. The van der Waals surface area contributed by atoms with Crippen LogP contribution in [0.25, 0.3) is 0 Å². The van der Waals surface area contributed by atoms with Gasteiger partial charge in [-0.3, -0.25) is 24.2 Å². The molecule has 3 saturated heterocycles. The van der Waals surface area contributed by atoms with Crippen molar-refractivity contribution >= 4 is 41.2 Å². The topological polar surface area (TPSA) is 132 Å². The maximum Gasteiger partial charge on any atom is 0.416 e. The van der Waals surface area contributed by atoms with Crippen molar-refractivity contribution in [1.29, 1.82) is 0 Å². The number of likely N-dealkylation sites (N-methyl/N-ethyl adjacent to an activating group) is 1. The van der Waals surface area contributed by atoms with E-state index in [0.717, 1.165) is 10.6 Å². The van der Waals surface area contributed by atoms with Crippen molar-refractivity contribution in [2.45, 2.75) is 57.0 Å². The number of alkyl halides is 3. The van der Waals surface area contributed by atoms with E-state index in [9.17, 15) is 41.5 Å². The highest BCUT2D eigenvalue weighted by molar-refractivity contribution is 6.16. The van der Waals surface area contributed by atoms with Gasteiger partial charge in [-0.2, -0.15) is 13.2 Å². The Hall–Kier alpha value is -4.89. The van der Waals surface area contributed by atoms with Crippen LogP contribution in [0.4, 0.5) is 38.5 Å². The number of ether oxygens (including phenoxy) is 1. The molecule has 12 nitrogen and oxygen atoms in total. The largest absolute Gasteiger partial charge is 0.444 e. The normalized spacial score (nSPS) is 18.2. The third kappa shape index (κ3) is 6.87. The molecule has 0 aromatic heterocycles. The Morgan fingerprint density at radius 3 is 2.17 bits per heavy atom. The summed E-state index contributed by atoms with van der Waals surface area (Å²) in [5.41, 5.74) is -2.68. The highest BCUT2D eigenvalue weighted by atomic mass is 19.4. The molecule has 5 rings (SSSR count). The number of urea groups is 1. The molecule has 0 aliphatic carbocycles. The number of imide groups is 1. The molecule has 258 valence electrons. The van der Waals surface area contributed by atoms with Gasteiger partial charge in [-0.25, -0.2) is 14.0 Å². The summed E-state index contributed by atoms with van der Waals surface area (Å²) in [4.78, 5) is 69.7. The first kappa shape index (κ1) is 34.4. The van der Waals surface area contributed by atoms with Crippen molar-refractivity contribution in [2.75, 3.05) is 50.0 Å². The Morgan fingerprint density at radius 1 is 0.958 bits per heavy atom. The zero-order chi connectivity index (χ0) is 35.2. The van der Waals surface area contributed by atoms with Crippen LogP contribution in [0.3, 0.4) is 0 Å². The third-order valence-corrected chi connectivity index (χ3v) is 8.52. The number of amides is 6. The molecular weight excluding hydrogens is 640 g/mol. The van der Waals surface area contributed by atoms with Gasteiger partial charge in [0.15, 0.2) is 0 Å². The lowest BCUT2D eigenvalue weighted by Gasteiger charge is -2.42. The van der Waals surface area contributed by atoms with Gasteiger partial charge in [0.1, 0.15) is 17.0 Å². The Labute approximate surface area is 273 Å². The van der Waals surface area contributed by atoms with Gasteiger partial charge in [0.05, 0.1) is 23.7 Å². The Balaban J connectivity index is 1.19. The number of likely N-dealkylation sites (tertiary alicyclic amines) is 2. The van der Waals surface area contributed by atoms with Gasteiger partial charge in [0.25, 0.3) is 11.8 Å². The van der Waals surface area contributed by atoms with E-state index in [2.05, 4.69) is 10.6 Å². The number of hydrogen-bond donors (Lipinski definition) is 2. The molecule has 2 aromatic rings. The van der Waals surface area contributed by atoms with E-state index in [-0.39, 0.29) is 38.1 Å². The van der Waals surface area contributed by atoms with Gasteiger partial charge < -0.3 is 25.2 Å². The van der Waals surface area contributed by atoms with E-state index >= 15 is 0 Å². The molecule has 0 atom stereocenters. The first-order valence-corrected chi connectivity index (χ1v) is 15.3. The summed E-state index contributed by atoms with van der Waals surface area (Å²) in [6.45, 7) is 5.81. The second-order valence-corrected chi connectivity index (χ2v) is 13.0. The van der Waals surface area contributed by atoms with Crippen LogP contribution in [0.2, 0.25) is 0 Å². The molecule has 2 aromatic carbocycles. The van der Waals surface area contributed by atoms with Crippen molar-refractivity contribution in [1.82, 2.24) is 20.0 Å². The number of nitrogens with one attached hydrogen (secondary N) is 2. The molecule has 0 radical (unpaired) electrons. The van der Waals surface area contributed by atoms with Gasteiger partial charge >= 0.3 is 18.3 Å². The van der Waals surface area contributed by atoms with Crippen LogP contribution in [0.15, 0.2) is 42.5 Å². The minimum absolute atomic E-state index is 0.00608. The van der Waals surface area contributed by atoms with Gasteiger partial charge in [-0.05, 0) is 76.1 Å². The Bertz CT molecular complexity index is 1610. The molecule has 48 heavy (non-hydrogen) atoms. The standard InChI is InChI=1S/C32H36F4N6O6/c1-30(2,3)48-29(47)41-17-21(18-41)38-20-6-8-22(9-7-20)42-28(46)39(4)27(45)31(42)11-13-40(14-12-31)25(43)16-37-26(44)23-15-19(32(34,35)36)5-10-24(23)33/h5-10,15,21,38H,11-14,16-18H2,1-4H3,(H,37,44). The molecule has 3 aliphatic heterocycles. The van der Waals surface area contributed by atoms with Crippen molar-refractivity contribution in [3.8, 4) is 0 Å². The van der Waals surface area contributed by atoms with E-state index in [1.165, 1.54) is 16.8 Å². The molecule has 0 saturated carbocycles. The molecule has 3 fully saturated rings. The number of benzene rings is 2. The van der Waals surface area contributed by atoms with Gasteiger partial charge in [-0.1, -0.05) is 0 Å². The average molecular weight is 677 g/mol. The number of hydrogen-bond acceptors (Lipinski definition) is 7. The summed E-state index contributed by atoms with van der Waals surface area (Å²) in [7, 11) is 1.38. The summed E-state index contributed by atoms with van der Waals surface area (Å²) in [5, 5.41) is 5.50. The maximum absolute atomic E-state index is 14.1. The number of nitrogens with zero attached hydrogens (tertiary/aromatic N) is 4. The minimum Gasteiger partial charge on any atom is -0.444 e. The highest BCUT2D eigenvalue weighted by Crippen LogP contribution is 2.40. The van der Waals surface area contributed by atoms with Crippen molar-refractivity contribution < 1.29 is 46.3 Å². The lowest BCUT2D eigenvalue weighted by molar-refractivity contribution is -0.137. The first-order chi connectivity index (χ1) is 22.4. The molecular formula is C32H36F4N6O6. The lowest BCUT2D eigenvalue weighted by atomic mass is 9.85. The van der Waals surface area contributed by atoms with Crippen LogP contribution in [0.1, 0.15) is 49.5 Å². The van der Waals surface area contributed by atoms with Gasteiger partial charge in [-0.15, -0.1) is 0 Å². The third-order valence-electron chi connectivity index (χ3n) is 8.52. The summed E-state index contributed by atoms with van der Waals surface area (Å²) >= 11 is 0. The monoisotopic (exact) mass is 676 g/mol. The second kappa shape index (κ2) is 12.6. The van der Waals surface area contributed by atoms with Crippen molar-refractivity contribution in [2.24, 2.45) is 0 Å². The number of carbonyl (C=O) groups is 5. The highest BCUT2D eigenvalue weighted by Gasteiger charge is 2.57. The van der Waals surface area contributed by atoms with Crippen LogP contribution < -0.4 is 15.5 Å². The Kier molecular flexibility index (Phi) is 9.05. The predicted octanol–water partition coefficient (Wildman–Crippen LogP) is 4.07. The number of halogens is 4. The number of anilines is 2. The van der Waals surface area contributed by atoms with Crippen LogP contribution in [0.5, 0.6) is 0 Å².